The molecule has 0 bridgehead atoms. The molecule has 1 aromatic rings. The second-order valence-corrected chi connectivity index (χ2v) is 3.61. The summed E-state index contributed by atoms with van der Waals surface area (Å²) >= 11 is 0. The Hall–Kier alpha value is -1.84. The fraction of sp³-hybridized carbons (Fsp3) is 0.273. The lowest BCUT2D eigenvalue weighted by atomic mass is 9.87. The molecule has 2 rings (SSSR count). The maximum absolute atomic E-state index is 11.6. The molecule has 0 saturated carbocycles. The van der Waals surface area contributed by atoms with Crippen LogP contribution in [0, 0.1) is 0 Å². The van der Waals surface area contributed by atoms with E-state index in [0.29, 0.717) is 18.4 Å². The van der Waals surface area contributed by atoms with Gasteiger partial charge in [0.05, 0.1) is 6.04 Å². The molecule has 4 nitrogen and oxygen atoms in total. The van der Waals surface area contributed by atoms with Gasteiger partial charge in [-0.15, -0.1) is 0 Å². The number of hydrogen-bond donors (Lipinski definition) is 2. The van der Waals surface area contributed by atoms with Crippen LogP contribution in [0.3, 0.4) is 0 Å². The molecule has 1 aromatic carbocycles. The number of carbonyl (C=O) groups is 2. The number of Topliss-reactive ketones (excluding diaryl/α,β-unsaturated/α-hetero) is 1. The molecule has 78 valence electrons. The standard InChI is InChI=1S/C11H12N2O2/c12-11(15)13-9-5-6-10(14)8-4-2-1-3-7(8)9/h1-4,9H,5-6H2,(H3,12,13,15)/t9-/m0/s1. The SMILES string of the molecule is NC(=O)N[C@H]1CCC(=O)c2ccccc21. The summed E-state index contributed by atoms with van der Waals surface area (Å²) in [5.41, 5.74) is 6.64. The van der Waals surface area contributed by atoms with Gasteiger partial charge in [-0.25, -0.2) is 4.79 Å². The summed E-state index contributed by atoms with van der Waals surface area (Å²) in [6, 6.07) is 6.64. The van der Waals surface area contributed by atoms with Gasteiger partial charge in [-0.2, -0.15) is 0 Å². The summed E-state index contributed by atoms with van der Waals surface area (Å²) in [6.45, 7) is 0. The van der Waals surface area contributed by atoms with Gasteiger partial charge < -0.3 is 11.1 Å². The maximum Gasteiger partial charge on any atom is 0.312 e. The number of rotatable bonds is 1. The Morgan fingerprint density at radius 3 is 2.87 bits per heavy atom. The van der Waals surface area contributed by atoms with Gasteiger partial charge in [0.2, 0.25) is 0 Å². The van der Waals surface area contributed by atoms with Gasteiger partial charge in [-0.1, -0.05) is 24.3 Å². The minimum Gasteiger partial charge on any atom is -0.352 e. The minimum atomic E-state index is -0.552. The van der Waals surface area contributed by atoms with Crippen molar-refractivity contribution in [1.29, 1.82) is 0 Å². The Bertz CT molecular complexity index is 415. The molecule has 1 aliphatic carbocycles. The van der Waals surface area contributed by atoms with Crippen molar-refractivity contribution in [2.24, 2.45) is 5.73 Å². The fourth-order valence-corrected chi connectivity index (χ4v) is 1.94. The summed E-state index contributed by atoms with van der Waals surface area (Å²) in [5, 5.41) is 2.65. The Balaban J connectivity index is 2.36. The zero-order valence-electron chi connectivity index (χ0n) is 8.19. The van der Waals surface area contributed by atoms with Crippen molar-refractivity contribution in [2.75, 3.05) is 0 Å². The molecular weight excluding hydrogens is 192 g/mol. The molecule has 0 radical (unpaired) electrons. The molecule has 0 aromatic heterocycles. The van der Waals surface area contributed by atoms with E-state index in [1.54, 1.807) is 6.07 Å². The predicted molar refractivity (Wildman–Crippen MR) is 55.5 cm³/mol. The molecule has 15 heavy (non-hydrogen) atoms. The first-order valence-electron chi connectivity index (χ1n) is 4.86. The third-order valence-corrected chi connectivity index (χ3v) is 2.61. The zero-order valence-corrected chi connectivity index (χ0v) is 8.19. The summed E-state index contributed by atoms with van der Waals surface area (Å²) in [7, 11) is 0. The first-order valence-corrected chi connectivity index (χ1v) is 4.86. The van der Waals surface area contributed by atoms with Gasteiger partial charge in [0.1, 0.15) is 0 Å². The number of primary amides is 1. The molecule has 0 unspecified atom stereocenters. The number of urea groups is 1. The number of benzene rings is 1. The van der Waals surface area contributed by atoms with Gasteiger partial charge >= 0.3 is 6.03 Å². The van der Waals surface area contributed by atoms with Crippen molar-refractivity contribution in [1.82, 2.24) is 5.32 Å². The molecule has 0 aliphatic heterocycles. The highest BCUT2D eigenvalue weighted by molar-refractivity contribution is 5.98. The van der Waals surface area contributed by atoms with E-state index >= 15 is 0 Å². The van der Waals surface area contributed by atoms with E-state index in [9.17, 15) is 9.59 Å². The van der Waals surface area contributed by atoms with Crippen LogP contribution in [0.25, 0.3) is 0 Å². The van der Waals surface area contributed by atoms with Crippen molar-refractivity contribution < 1.29 is 9.59 Å². The lowest BCUT2D eigenvalue weighted by Gasteiger charge is -2.24. The average molecular weight is 204 g/mol. The van der Waals surface area contributed by atoms with E-state index in [0.717, 1.165) is 5.56 Å². The monoisotopic (exact) mass is 204 g/mol. The van der Waals surface area contributed by atoms with Gasteiger partial charge in [-0.05, 0) is 12.0 Å². The van der Waals surface area contributed by atoms with Gasteiger partial charge in [-0.3, -0.25) is 4.79 Å². The van der Waals surface area contributed by atoms with Crippen molar-refractivity contribution in [3.8, 4) is 0 Å². The van der Waals surface area contributed by atoms with Gasteiger partial charge in [0.15, 0.2) is 5.78 Å². The van der Waals surface area contributed by atoms with Crippen LogP contribution in [0.4, 0.5) is 4.79 Å². The van der Waals surface area contributed by atoms with Gasteiger partial charge in [0.25, 0.3) is 0 Å². The summed E-state index contributed by atoms with van der Waals surface area (Å²) in [6.07, 6.45) is 1.08. The highest BCUT2D eigenvalue weighted by atomic mass is 16.2. The number of fused-ring (bicyclic) bond motifs is 1. The summed E-state index contributed by atoms with van der Waals surface area (Å²) in [4.78, 5) is 22.4. The molecule has 1 atom stereocenters. The number of carbonyl (C=O) groups excluding carboxylic acids is 2. The molecule has 0 heterocycles. The van der Waals surface area contributed by atoms with Crippen molar-refractivity contribution >= 4 is 11.8 Å². The Labute approximate surface area is 87.5 Å². The van der Waals surface area contributed by atoms with Crippen molar-refractivity contribution in [3.63, 3.8) is 0 Å². The fourth-order valence-electron chi connectivity index (χ4n) is 1.94. The van der Waals surface area contributed by atoms with E-state index in [1.165, 1.54) is 0 Å². The second-order valence-electron chi connectivity index (χ2n) is 3.61. The third kappa shape index (κ3) is 1.83. The van der Waals surface area contributed by atoms with Crippen LogP contribution in [0.5, 0.6) is 0 Å². The summed E-state index contributed by atoms with van der Waals surface area (Å²) in [5.74, 6) is 0.133. The highest BCUT2D eigenvalue weighted by Crippen LogP contribution is 2.29. The molecule has 0 saturated heterocycles. The van der Waals surface area contributed by atoms with Crippen LogP contribution in [0.2, 0.25) is 0 Å². The second kappa shape index (κ2) is 3.73. The van der Waals surface area contributed by atoms with Crippen LogP contribution < -0.4 is 11.1 Å². The van der Waals surface area contributed by atoms with Crippen molar-refractivity contribution in [3.05, 3.63) is 35.4 Å². The Kier molecular flexibility index (Phi) is 2.41. The van der Waals surface area contributed by atoms with Crippen molar-refractivity contribution in [2.45, 2.75) is 18.9 Å². The van der Waals surface area contributed by atoms with Crippen LogP contribution >= 0.6 is 0 Å². The summed E-state index contributed by atoms with van der Waals surface area (Å²) < 4.78 is 0. The zero-order chi connectivity index (χ0) is 10.8. The molecule has 3 N–H and O–H groups in total. The van der Waals surface area contributed by atoms with Crippen LogP contribution in [-0.4, -0.2) is 11.8 Å². The number of nitrogens with one attached hydrogen (secondary N) is 1. The normalized spacial score (nSPS) is 19.5. The molecule has 4 heteroatoms. The minimum absolute atomic E-state index is 0.128. The van der Waals surface area contributed by atoms with E-state index in [1.807, 2.05) is 18.2 Å². The maximum atomic E-state index is 11.6. The van der Waals surface area contributed by atoms with E-state index in [-0.39, 0.29) is 11.8 Å². The Morgan fingerprint density at radius 1 is 1.40 bits per heavy atom. The highest BCUT2D eigenvalue weighted by Gasteiger charge is 2.25. The number of hydrogen-bond acceptors (Lipinski definition) is 2. The third-order valence-electron chi connectivity index (χ3n) is 2.61. The van der Waals surface area contributed by atoms with E-state index < -0.39 is 6.03 Å². The van der Waals surface area contributed by atoms with E-state index in [2.05, 4.69) is 5.32 Å². The number of amides is 2. The van der Waals surface area contributed by atoms with Crippen LogP contribution in [-0.2, 0) is 0 Å². The molecular formula is C11H12N2O2. The quantitative estimate of drug-likeness (QED) is 0.725. The number of ketones is 1. The lowest BCUT2D eigenvalue weighted by molar-refractivity contribution is 0.0964. The van der Waals surface area contributed by atoms with E-state index in [4.69, 9.17) is 5.73 Å². The smallest absolute Gasteiger partial charge is 0.312 e. The lowest BCUT2D eigenvalue weighted by Crippen LogP contribution is -2.35. The molecule has 0 fully saturated rings. The topological polar surface area (TPSA) is 72.2 Å². The van der Waals surface area contributed by atoms with Crippen LogP contribution in [0.1, 0.15) is 34.8 Å². The Morgan fingerprint density at radius 2 is 2.13 bits per heavy atom. The predicted octanol–water partition coefficient (Wildman–Crippen LogP) is 1.37. The van der Waals surface area contributed by atoms with Gasteiger partial charge in [0, 0.05) is 12.0 Å². The first-order chi connectivity index (χ1) is 7.18. The molecule has 1 aliphatic rings. The average Bonchev–Trinajstić information content (AvgIpc) is 2.22. The molecule has 0 spiro atoms. The van der Waals surface area contributed by atoms with Crippen LogP contribution in [0.15, 0.2) is 24.3 Å². The largest absolute Gasteiger partial charge is 0.352 e. The molecule has 2 amide bonds. The first kappa shape index (κ1) is 9.71. The number of nitrogens with two attached hydrogens (primary N) is 1.